The normalized spacial score (nSPS) is 19.6. The van der Waals surface area contributed by atoms with Crippen LogP contribution in [0, 0.1) is 5.82 Å². The quantitative estimate of drug-likeness (QED) is 0.876. The molecule has 2 aromatic carbocycles. The van der Waals surface area contributed by atoms with Gasteiger partial charge in [0.25, 0.3) is 0 Å². The van der Waals surface area contributed by atoms with Gasteiger partial charge in [-0.05, 0) is 51.7 Å². The summed E-state index contributed by atoms with van der Waals surface area (Å²) in [5.41, 5.74) is 0.440. The summed E-state index contributed by atoms with van der Waals surface area (Å²) in [4.78, 5) is 3.79. The van der Waals surface area contributed by atoms with Gasteiger partial charge in [-0.1, -0.05) is 41.6 Å². The molecule has 0 fully saturated rings. The van der Waals surface area contributed by atoms with E-state index in [0.717, 1.165) is 28.3 Å². The Bertz CT molecular complexity index is 737. The summed E-state index contributed by atoms with van der Waals surface area (Å²) in [6.07, 6.45) is 1.40. The molecule has 1 aliphatic heterocycles. The highest BCUT2D eigenvalue weighted by molar-refractivity contribution is 7.99. The Balaban J connectivity index is 2.08. The number of hydrogen-bond acceptors (Lipinski definition) is 3. The van der Waals surface area contributed by atoms with E-state index in [1.165, 1.54) is 17.8 Å². The van der Waals surface area contributed by atoms with E-state index in [9.17, 15) is 9.50 Å². The Kier molecular flexibility index (Phi) is 4.70. The summed E-state index contributed by atoms with van der Waals surface area (Å²) in [6.45, 7) is 0.877. The largest absolute Gasteiger partial charge is 0.380 e. The molecule has 1 unspecified atom stereocenters. The molecule has 0 aliphatic carbocycles. The van der Waals surface area contributed by atoms with Gasteiger partial charge in [-0.3, -0.25) is 0 Å². The summed E-state index contributed by atoms with van der Waals surface area (Å²) in [6, 6.07) is 10.8. The molecular formula is C18H19ClFNOS. The van der Waals surface area contributed by atoms with Crippen LogP contribution in [0.2, 0.25) is 5.02 Å². The minimum atomic E-state index is -1.13. The van der Waals surface area contributed by atoms with Gasteiger partial charge in [-0.25, -0.2) is 4.39 Å². The smallest absolute Gasteiger partial charge is 0.142 e. The van der Waals surface area contributed by atoms with Crippen LogP contribution in [0.1, 0.15) is 24.0 Å². The average Bonchev–Trinajstić information content (AvgIpc) is 2.50. The lowest BCUT2D eigenvalue weighted by molar-refractivity contribution is 0.0599. The SMILES string of the molecule is CN(C)CCCC1(O)c2ccccc2Sc2cc(F)c(Cl)cc21. The number of halogens is 2. The monoisotopic (exact) mass is 351 g/mol. The second-order valence-corrected chi connectivity index (χ2v) is 7.62. The zero-order valence-corrected chi connectivity index (χ0v) is 14.7. The topological polar surface area (TPSA) is 23.5 Å². The van der Waals surface area contributed by atoms with Crippen molar-refractivity contribution < 1.29 is 9.50 Å². The van der Waals surface area contributed by atoms with Crippen molar-refractivity contribution in [2.45, 2.75) is 28.2 Å². The van der Waals surface area contributed by atoms with Crippen molar-refractivity contribution in [3.8, 4) is 0 Å². The van der Waals surface area contributed by atoms with Gasteiger partial charge in [-0.2, -0.15) is 0 Å². The molecule has 0 bridgehead atoms. The molecule has 23 heavy (non-hydrogen) atoms. The fourth-order valence-corrected chi connectivity index (χ4v) is 4.41. The van der Waals surface area contributed by atoms with Gasteiger partial charge >= 0.3 is 0 Å². The van der Waals surface area contributed by atoms with Gasteiger partial charge in [0.1, 0.15) is 11.4 Å². The lowest BCUT2D eigenvalue weighted by Gasteiger charge is -2.36. The Morgan fingerprint density at radius 2 is 1.91 bits per heavy atom. The summed E-state index contributed by atoms with van der Waals surface area (Å²) in [7, 11) is 4.02. The van der Waals surface area contributed by atoms with Crippen LogP contribution >= 0.6 is 23.4 Å². The van der Waals surface area contributed by atoms with Crippen molar-refractivity contribution in [2.24, 2.45) is 0 Å². The molecule has 3 rings (SSSR count). The van der Waals surface area contributed by atoms with Gasteiger partial charge in [-0.15, -0.1) is 0 Å². The highest BCUT2D eigenvalue weighted by Crippen LogP contribution is 2.50. The van der Waals surface area contributed by atoms with Crippen LogP contribution in [0.25, 0.3) is 0 Å². The predicted molar refractivity (Wildman–Crippen MR) is 92.8 cm³/mol. The molecule has 0 amide bonds. The molecule has 5 heteroatoms. The van der Waals surface area contributed by atoms with E-state index in [1.54, 1.807) is 6.07 Å². The van der Waals surface area contributed by atoms with Crippen LogP contribution in [-0.4, -0.2) is 30.6 Å². The first kappa shape index (κ1) is 16.8. The maximum Gasteiger partial charge on any atom is 0.142 e. The van der Waals surface area contributed by atoms with Crippen molar-refractivity contribution in [1.82, 2.24) is 4.90 Å². The molecular weight excluding hydrogens is 333 g/mol. The molecule has 2 aromatic rings. The lowest BCUT2D eigenvalue weighted by Crippen LogP contribution is -2.32. The van der Waals surface area contributed by atoms with Gasteiger partial charge in [0.05, 0.1) is 5.02 Å². The summed E-state index contributed by atoms with van der Waals surface area (Å²) in [5.74, 6) is -0.451. The predicted octanol–water partition coefficient (Wildman–Crippen LogP) is 4.52. The summed E-state index contributed by atoms with van der Waals surface area (Å²) < 4.78 is 13.9. The van der Waals surface area contributed by atoms with E-state index in [-0.39, 0.29) is 5.02 Å². The number of fused-ring (bicyclic) bond motifs is 2. The van der Waals surface area contributed by atoms with Crippen molar-refractivity contribution in [1.29, 1.82) is 0 Å². The first-order chi connectivity index (χ1) is 10.9. The second kappa shape index (κ2) is 6.44. The summed E-state index contributed by atoms with van der Waals surface area (Å²) in [5, 5.41) is 11.5. The molecule has 122 valence electrons. The maximum atomic E-state index is 13.9. The molecule has 0 saturated carbocycles. The van der Waals surface area contributed by atoms with E-state index < -0.39 is 11.4 Å². The molecule has 0 saturated heterocycles. The Morgan fingerprint density at radius 1 is 1.17 bits per heavy atom. The third-order valence-electron chi connectivity index (χ3n) is 4.16. The summed E-state index contributed by atoms with van der Waals surface area (Å²) >= 11 is 7.46. The molecule has 1 atom stereocenters. The van der Waals surface area contributed by atoms with E-state index in [1.807, 2.05) is 38.4 Å². The third-order valence-corrected chi connectivity index (χ3v) is 5.59. The number of nitrogens with zero attached hydrogens (tertiary/aromatic N) is 1. The highest BCUT2D eigenvalue weighted by atomic mass is 35.5. The lowest BCUT2D eigenvalue weighted by atomic mass is 9.82. The molecule has 1 aliphatic rings. The van der Waals surface area contributed by atoms with Crippen LogP contribution in [0.4, 0.5) is 4.39 Å². The molecule has 1 heterocycles. The first-order valence-electron chi connectivity index (χ1n) is 7.56. The molecule has 0 aromatic heterocycles. The van der Waals surface area contributed by atoms with Crippen molar-refractivity contribution in [3.05, 3.63) is 58.4 Å². The number of benzene rings is 2. The Hall–Kier alpha value is -1.07. The second-order valence-electron chi connectivity index (χ2n) is 6.13. The van der Waals surface area contributed by atoms with Gasteiger partial charge in [0.2, 0.25) is 0 Å². The fourth-order valence-electron chi connectivity index (χ4n) is 3.02. The van der Waals surface area contributed by atoms with Gasteiger partial charge in [0.15, 0.2) is 0 Å². The van der Waals surface area contributed by atoms with E-state index in [2.05, 4.69) is 4.90 Å². The highest BCUT2D eigenvalue weighted by Gasteiger charge is 2.39. The molecule has 0 spiro atoms. The third kappa shape index (κ3) is 3.13. The number of rotatable bonds is 4. The zero-order chi connectivity index (χ0) is 16.6. The molecule has 0 radical (unpaired) electrons. The van der Waals surface area contributed by atoms with Crippen LogP contribution in [0.15, 0.2) is 46.2 Å². The van der Waals surface area contributed by atoms with Crippen molar-refractivity contribution in [2.75, 3.05) is 20.6 Å². The number of aliphatic hydroxyl groups is 1. The van der Waals surface area contributed by atoms with Crippen LogP contribution in [0.3, 0.4) is 0 Å². The minimum absolute atomic E-state index is 0.0507. The maximum absolute atomic E-state index is 13.9. The first-order valence-corrected chi connectivity index (χ1v) is 8.75. The van der Waals surface area contributed by atoms with Crippen molar-refractivity contribution in [3.63, 3.8) is 0 Å². The molecule has 1 N–H and O–H groups in total. The van der Waals surface area contributed by atoms with E-state index in [0.29, 0.717) is 12.0 Å². The van der Waals surface area contributed by atoms with Crippen molar-refractivity contribution >= 4 is 23.4 Å². The average molecular weight is 352 g/mol. The van der Waals surface area contributed by atoms with Crippen LogP contribution in [-0.2, 0) is 5.60 Å². The van der Waals surface area contributed by atoms with Crippen LogP contribution < -0.4 is 0 Å². The fraction of sp³-hybridized carbons (Fsp3) is 0.333. The minimum Gasteiger partial charge on any atom is -0.380 e. The Labute approximate surface area is 145 Å². The number of hydrogen-bond donors (Lipinski definition) is 1. The van der Waals surface area contributed by atoms with Gasteiger partial charge < -0.3 is 10.0 Å². The Morgan fingerprint density at radius 3 is 2.65 bits per heavy atom. The zero-order valence-electron chi connectivity index (χ0n) is 13.1. The van der Waals surface area contributed by atoms with E-state index >= 15 is 0 Å². The van der Waals surface area contributed by atoms with Crippen LogP contribution in [0.5, 0.6) is 0 Å². The standard InChI is InChI=1S/C18H19ClFNOS/c1-21(2)9-5-8-18(22)12-6-3-4-7-16(12)23-17-11-15(20)14(19)10-13(17)18/h3-4,6-7,10-11,22H,5,8-9H2,1-2H3. The molecule has 2 nitrogen and oxygen atoms in total. The van der Waals surface area contributed by atoms with Gasteiger partial charge in [0, 0.05) is 20.9 Å². The van der Waals surface area contributed by atoms with E-state index in [4.69, 9.17) is 11.6 Å².